The Labute approximate surface area is 293 Å². The van der Waals surface area contributed by atoms with Crippen LogP contribution in [0.4, 0.5) is 5.69 Å². The van der Waals surface area contributed by atoms with Crippen LogP contribution in [-0.2, 0) is 33.3 Å². The third kappa shape index (κ3) is 4.46. The number of primary amides is 1. The molecule has 1 spiro atoms. The van der Waals surface area contributed by atoms with E-state index in [1.54, 1.807) is 59.6 Å². The van der Waals surface area contributed by atoms with Crippen LogP contribution in [0.5, 0.6) is 0 Å². The molecule has 13 heteroatoms. The first-order valence-corrected chi connectivity index (χ1v) is 18.0. The van der Waals surface area contributed by atoms with Gasteiger partial charge >= 0.3 is 5.97 Å². The molecule has 5 saturated carbocycles. The van der Waals surface area contributed by atoms with E-state index in [1.165, 1.54) is 0 Å². The van der Waals surface area contributed by atoms with E-state index < -0.39 is 57.9 Å². The molecule has 1 heterocycles. The fourth-order valence-electron chi connectivity index (χ4n) is 12.6. The molecule has 0 radical (unpaired) electrons. The van der Waals surface area contributed by atoms with Gasteiger partial charge in [-0.1, -0.05) is 26.0 Å². The molecule has 1 saturated heterocycles. The second-order valence-corrected chi connectivity index (χ2v) is 15.9. The highest BCUT2D eigenvalue weighted by Crippen LogP contribution is 2.80. The number of para-hydroxylation sites is 1. The molecule has 7 rings (SSSR count). The van der Waals surface area contributed by atoms with Gasteiger partial charge in [0.25, 0.3) is 0 Å². The average molecular weight is 700 g/mol. The molecule has 5 N–H and O–H groups in total. The number of likely N-dealkylation sites (N-methyl/N-ethyl adjacent to an activating group) is 1. The summed E-state index contributed by atoms with van der Waals surface area (Å²) < 4.78 is 31.3. The van der Waals surface area contributed by atoms with Crippen molar-refractivity contribution in [2.45, 2.75) is 87.6 Å². The van der Waals surface area contributed by atoms with Crippen LogP contribution in [0.2, 0.25) is 0 Å². The lowest BCUT2D eigenvalue weighted by Gasteiger charge is -2.70. The maximum atomic E-state index is 13.9. The molecular formula is C37H53N3O10. The van der Waals surface area contributed by atoms with Gasteiger partial charge in [-0.3, -0.25) is 14.5 Å². The molecule has 6 fully saturated rings. The summed E-state index contributed by atoms with van der Waals surface area (Å²) in [6, 6.07) is 6.16. The van der Waals surface area contributed by atoms with Gasteiger partial charge in [-0.2, -0.15) is 0 Å². The Morgan fingerprint density at radius 2 is 1.82 bits per heavy atom. The standard InChI is InChI=1S/C37H53N3O10/c1-7-40-17-34(18-50-32(43)20-10-8-9-11-23(20)39-26(41)14-19(2)31(38)42)13-12-25(47-4)36-22-15-21-24(46-3)16-35(44,27(22)28(21)48-5)37(45,33(36)40)30(49-6)29(34)36/h8-11,19,21-22,24-25,27-30,33,44-45H,7,12-18H2,1-6H3,(H2,38,42)(H,39,41)/t19?,21?,22?,24-,25?,27?,28?,29?,30-,33?,34-,35+,36?,37-/m0/s1. The summed E-state index contributed by atoms with van der Waals surface area (Å²) in [5.74, 6) is -3.01. The van der Waals surface area contributed by atoms with Crippen LogP contribution in [-0.4, -0.2) is 123 Å². The zero-order valence-corrected chi connectivity index (χ0v) is 29.9. The highest BCUT2D eigenvalue weighted by atomic mass is 16.5. The molecule has 13 nitrogen and oxygen atoms in total. The number of methoxy groups -OCH3 is 4. The quantitative estimate of drug-likeness (QED) is 0.233. The molecule has 6 aliphatic rings. The van der Waals surface area contributed by atoms with Gasteiger partial charge in [0, 0.05) is 82.3 Å². The smallest absolute Gasteiger partial charge is 0.340 e. The first-order valence-electron chi connectivity index (χ1n) is 18.0. The number of fused-ring (bicyclic) bond motifs is 2. The van der Waals surface area contributed by atoms with Crippen molar-refractivity contribution in [2.24, 2.45) is 46.2 Å². The lowest BCUT2D eigenvalue weighted by molar-refractivity contribution is -0.320. The minimum atomic E-state index is -1.70. The first-order chi connectivity index (χ1) is 23.8. The molecule has 5 aliphatic carbocycles. The number of nitrogens with two attached hydrogens (primary N) is 1. The number of rotatable bonds is 12. The van der Waals surface area contributed by atoms with E-state index in [0.29, 0.717) is 25.9 Å². The Morgan fingerprint density at radius 1 is 1.08 bits per heavy atom. The summed E-state index contributed by atoms with van der Waals surface area (Å²) in [4.78, 5) is 40.5. The van der Waals surface area contributed by atoms with Crippen molar-refractivity contribution in [3.8, 4) is 0 Å². The van der Waals surface area contributed by atoms with Crippen molar-refractivity contribution in [3.05, 3.63) is 29.8 Å². The fourth-order valence-corrected chi connectivity index (χ4v) is 12.6. The van der Waals surface area contributed by atoms with Gasteiger partial charge in [0.1, 0.15) is 11.2 Å². The number of aliphatic hydroxyl groups is 2. The number of hydrogen-bond donors (Lipinski definition) is 4. The van der Waals surface area contributed by atoms with Crippen molar-refractivity contribution in [2.75, 3.05) is 53.5 Å². The van der Waals surface area contributed by atoms with Crippen LogP contribution < -0.4 is 11.1 Å². The van der Waals surface area contributed by atoms with Gasteiger partial charge in [-0.05, 0) is 43.9 Å². The van der Waals surface area contributed by atoms with E-state index in [0.717, 1.165) is 6.42 Å². The third-order valence-electron chi connectivity index (χ3n) is 14.2. The molecule has 7 bridgehead atoms. The van der Waals surface area contributed by atoms with Gasteiger partial charge in [0.2, 0.25) is 11.8 Å². The molecule has 1 aromatic rings. The molecule has 9 unspecified atom stereocenters. The normalized spacial score (nSPS) is 44.4. The molecule has 14 atom stereocenters. The lowest BCUT2D eigenvalue weighted by atomic mass is 9.42. The number of anilines is 1. The van der Waals surface area contributed by atoms with Crippen molar-refractivity contribution >= 4 is 23.5 Å². The Kier molecular flexibility index (Phi) is 8.93. The largest absolute Gasteiger partial charge is 0.461 e. The maximum absolute atomic E-state index is 13.9. The van der Waals surface area contributed by atoms with Crippen molar-refractivity contribution in [1.82, 2.24) is 4.90 Å². The van der Waals surface area contributed by atoms with Crippen LogP contribution in [0.3, 0.4) is 0 Å². The van der Waals surface area contributed by atoms with Crippen LogP contribution >= 0.6 is 0 Å². The molecular weight excluding hydrogens is 646 g/mol. The predicted molar refractivity (Wildman–Crippen MR) is 180 cm³/mol. The molecule has 50 heavy (non-hydrogen) atoms. The topological polar surface area (TPSA) is 179 Å². The van der Waals surface area contributed by atoms with E-state index in [2.05, 4.69) is 17.1 Å². The van der Waals surface area contributed by atoms with Gasteiger partial charge in [0.15, 0.2) is 0 Å². The number of carbonyl (C=O) groups excluding carboxylic acids is 3. The minimum Gasteiger partial charge on any atom is -0.461 e. The van der Waals surface area contributed by atoms with E-state index >= 15 is 0 Å². The van der Waals surface area contributed by atoms with Crippen molar-refractivity contribution in [1.29, 1.82) is 0 Å². The number of ether oxygens (including phenoxy) is 5. The molecule has 1 aromatic carbocycles. The second kappa shape index (κ2) is 12.5. The van der Waals surface area contributed by atoms with E-state index in [4.69, 9.17) is 29.4 Å². The van der Waals surface area contributed by atoms with Crippen LogP contribution in [0.1, 0.15) is 56.3 Å². The zero-order valence-electron chi connectivity index (χ0n) is 29.9. The highest BCUT2D eigenvalue weighted by Gasteiger charge is 2.91. The Hall–Kier alpha value is -2.65. The number of amides is 2. The fraction of sp³-hybridized carbons (Fsp3) is 0.757. The molecule has 276 valence electrons. The predicted octanol–water partition coefficient (Wildman–Crippen LogP) is 1.59. The number of hydrogen-bond acceptors (Lipinski definition) is 11. The third-order valence-corrected chi connectivity index (χ3v) is 14.2. The zero-order chi connectivity index (χ0) is 36.0. The number of nitrogens with one attached hydrogen (secondary N) is 1. The Balaban J connectivity index is 1.28. The number of likely N-dealkylation sites (tertiary alicyclic amines) is 1. The average Bonchev–Trinajstić information content (AvgIpc) is 3.52. The number of nitrogens with zero attached hydrogens (tertiary/aromatic N) is 1. The van der Waals surface area contributed by atoms with Gasteiger partial charge in [-0.25, -0.2) is 4.79 Å². The van der Waals surface area contributed by atoms with Gasteiger partial charge in [-0.15, -0.1) is 0 Å². The summed E-state index contributed by atoms with van der Waals surface area (Å²) >= 11 is 0. The van der Waals surface area contributed by atoms with Gasteiger partial charge in [0.05, 0.1) is 48.3 Å². The van der Waals surface area contributed by atoms with Crippen LogP contribution in [0, 0.1) is 40.4 Å². The maximum Gasteiger partial charge on any atom is 0.340 e. The molecule has 0 aromatic heterocycles. The first kappa shape index (κ1) is 35.7. The summed E-state index contributed by atoms with van der Waals surface area (Å²) in [7, 11) is 6.69. The van der Waals surface area contributed by atoms with Crippen molar-refractivity contribution < 1.29 is 48.3 Å². The molecule has 2 amide bonds. The number of piperidine rings is 1. The number of benzene rings is 1. The number of carbonyl (C=O) groups is 3. The van der Waals surface area contributed by atoms with E-state index in [-0.39, 0.29) is 72.7 Å². The number of esters is 1. The summed E-state index contributed by atoms with van der Waals surface area (Å²) in [6.07, 6.45) is 0.591. The van der Waals surface area contributed by atoms with Crippen LogP contribution in [0.25, 0.3) is 0 Å². The van der Waals surface area contributed by atoms with E-state index in [1.807, 2.05) is 0 Å². The summed E-state index contributed by atoms with van der Waals surface area (Å²) in [5, 5.41) is 29.3. The SMILES string of the molecule is CCN1C[C@]2(COC(=O)c3ccccc3NC(=O)CC(C)C(N)=O)CCC(OC)C34C5CC6C(OC)C5[C@](O)(C[C@@H]6OC)[C@@](O)(C13)[C@@H](OC)C42. The summed E-state index contributed by atoms with van der Waals surface area (Å²) in [5.41, 5.74) is 1.27. The van der Waals surface area contributed by atoms with E-state index in [9.17, 15) is 24.6 Å². The van der Waals surface area contributed by atoms with Gasteiger partial charge < -0.3 is 44.9 Å². The second-order valence-electron chi connectivity index (χ2n) is 15.9. The molecule has 1 aliphatic heterocycles. The van der Waals surface area contributed by atoms with Crippen LogP contribution in [0.15, 0.2) is 24.3 Å². The monoisotopic (exact) mass is 699 g/mol. The Bertz CT molecular complexity index is 1530. The van der Waals surface area contributed by atoms with Crippen molar-refractivity contribution in [3.63, 3.8) is 0 Å². The Morgan fingerprint density at radius 3 is 2.46 bits per heavy atom. The highest BCUT2D eigenvalue weighted by molar-refractivity contribution is 6.02. The summed E-state index contributed by atoms with van der Waals surface area (Å²) in [6.45, 7) is 4.82. The lowest BCUT2D eigenvalue weighted by Crippen LogP contribution is -2.82. The minimum absolute atomic E-state index is 0.0405.